The lowest BCUT2D eigenvalue weighted by molar-refractivity contribution is -0.124. The van der Waals surface area contributed by atoms with Crippen LogP contribution in [0, 0.1) is 0 Å². The summed E-state index contributed by atoms with van der Waals surface area (Å²) in [4.78, 5) is 22.0. The molecule has 0 atom stereocenters. The molecule has 1 aliphatic rings. The van der Waals surface area contributed by atoms with Crippen molar-refractivity contribution in [2.75, 3.05) is 6.54 Å². The van der Waals surface area contributed by atoms with E-state index in [4.69, 9.17) is 0 Å². The fraction of sp³-hybridized carbons (Fsp3) is 0.750. The van der Waals surface area contributed by atoms with Crippen molar-refractivity contribution < 1.29 is 4.79 Å². The van der Waals surface area contributed by atoms with Crippen LogP contribution in [-0.4, -0.2) is 38.9 Å². The van der Waals surface area contributed by atoms with Crippen molar-refractivity contribution in [3.05, 3.63) is 17.7 Å². The minimum atomic E-state index is -0.188. The van der Waals surface area contributed by atoms with Gasteiger partial charge in [-0.05, 0) is 47.5 Å². The zero-order chi connectivity index (χ0) is 15.6. The van der Waals surface area contributed by atoms with Crippen molar-refractivity contribution >= 4 is 5.91 Å². The number of hydrogen-bond acceptors (Lipinski definition) is 3. The van der Waals surface area contributed by atoms with Crippen LogP contribution < -0.4 is 5.32 Å². The molecule has 0 unspecified atom stereocenters. The standard InChI is InChI=1S/C16H28N4O/c1-11(2)20(9-14(21)19-16(3,4)5)8-13-15(12-6-7-12)18-10-17-13/h10-12H,6-9H2,1-5H3,(H,17,18)(H,19,21). The Morgan fingerprint density at radius 2 is 2.14 bits per heavy atom. The largest absolute Gasteiger partial charge is 0.350 e. The van der Waals surface area contributed by atoms with Gasteiger partial charge in [-0.25, -0.2) is 4.98 Å². The predicted octanol–water partition coefficient (Wildman–Crippen LogP) is 2.41. The fourth-order valence-corrected chi connectivity index (χ4v) is 2.43. The van der Waals surface area contributed by atoms with Crippen molar-refractivity contribution in [3.8, 4) is 0 Å². The number of aromatic amines is 1. The number of hydrogen-bond donors (Lipinski definition) is 2. The zero-order valence-corrected chi connectivity index (χ0v) is 13.9. The van der Waals surface area contributed by atoms with Gasteiger partial charge in [-0.3, -0.25) is 9.69 Å². The first-order valence-electron chi connectivity index (χ1n) is 7.83. The van der Waals surface area contributed by atoms with Crippen LogP contribution in [0.25, 0.3) is 0 Å². The van der Waals surface area contributed by atoms with Crippen molar-refractivity contribution in [1.82, 2.24) is 20.2 Å². The van der Waals surface area contributed by atoms with Crippen molar-refractivity contribution in [2.24, 2.45) is 0 Å². The van der Waals surface area contributed by atoms with E-state index in [0.717, 1.165) is 12.2 Å². The molecule has 1 fully saturated rings. The Kier molecular flexibility index (Phi) is 4.71. The summed E-state index contributed by atoms with van der Waals surface area (Å²) < 4.78 is 0. The summed E-state index contributed by atoms with van der Waals surface area (Å²) in [5, 5.41) is 3.03. The lowest BCUT2D eigenvalue weighted by Crippen LogP contribution is -2.47. The third-order valence-corrected chi connectivity index (χ3v) is 3.67. The second-order valence-corrected chi connectivity index (χ2v) is 7.34. The second kappa shape index (κ2) is 6.18. The highest BCUT2D eigenvalue weighted by Gasteiger charge is 2.29. The zero-order valence-electron chi connectivity index (χ0n) is 13.9. The molecule has 1 aromatic heterocycles. The molecule has 1 saturated carbocycles. The smallest absolute Gasteiger partial charge is 0.234 e. The number of nitrogens with one attached hydrogen (secondary N) is 2. The topological polar surface area (TPSA) is 61.0 Å². The summed E-state index contributed by atoms with van der Waals surface area (Å²) in [6, 6.07) is 0.311. The number of rotatable bonds is 6. The van der Waals surface area contributed by atoms with Crippen LogP contribution in [0.4, 0.5) is 0 Å². The van der Waals surface area contributed by atoms with Gasteiger partial charge >= 0.3 is 0 Å². The van der Waals surface area contributed by atoms with E-state index in [9.17, 15) is 4.79 Å². The second-order valence-electron chi connectivity index (χ2n) is 7.34. The number of carbonyl (C=O) groups excluding carboxylic acids is 1. The number of carbonyl (C=O) groups is 1. The molecule has 1 aliphatic carbocycles. The molecule has 0 aromatic carbocycles. The highest BCUT2D eigenvalue weighted by atomic mass is 16.2. The third kappa shape index (κ3) is 4.84. The normalized spacial score (nSPS) is 15.8. The maximum Gasteiger partial charge on any atom is 0.234 e. The lowest BCUT2D eigenvalue weighted by atomic mass is 10.1. The van der Waals surface area contributed by atoms with Gasteiger partial charge in [0, 0.05) is 24.0 Å². The predicted molar refractivity (Wildman–Crippen MR) is 84.0 cm³/mol. The molecule has 21 heavy (non-hydrogen) atoms. The van der Waals surface area contributed by atoms with E-state index in [0.29, 0.717) is 18.5 Å². The van der Waals surface area contributed by atoms with E-state index in [2.05, 4.69) is 34.0 Å². The lowest BCUT2D eigenvalue weighted by Gasteiger charge is -2.28. The average molecular weight is 292 g/mol. The monoisotopic (exact) mass is 292 g/mol. The molecular weight excluding hydrogens is 264 g/mol. The highest BCUT2D eigenvalue weighted by Crippen LogP contribution is 2.40. The van der Waals surface area contributed by atoms with Crippen LogP contribution in [0.15, 0.2) is 6.33 Å². The molecule has 0 aliphatic heterocycles. The van der Waals surface area contributed by atoms with Gasteiger partial charge in [-0.1, -0.05) is 0 Å². The summed E-state index contributed by atoms with van der Waals surface area (Å²) in [6.07, 6.45) is 4.25. The third-order valence-electron chi connectivity index (χ3n) is 3.67. The molecule has 118 valence electrons. The van der Waals surface area contributed by atoms with E-state index in [1.165, 1.54) is 18.5 Å². The minimum Gasteiger partial charge on any atom is -0.350 e. The van der Waals surface area contributed by atoms with Gasteiger partial charge in [0.1, 0.15) is 0 Å². The van der Waals surface area contributed by atoms with Gasteiger partial charge in [0.25, 0.3) is 0 Å². The number of nitrogens with zero attached hydrogens (tertiary/aromatic N) is 2. The maximum absolute atomic E-state index is 12.2. The van der Waals surface area contributed by atoms with Gasteiger partial charge in [-0.15, -0.1) is 0 Å². The summed E-state index contributed by atoms with van der Waals surface area (Å²) in [5.74, 6) is 0.701. The number of H-pyrrole nitrogens is 1. The van der Waals surface area contributed by atoms with Crippen LogP contribution in [0.5, 0.6) is 0 Å². The Morgan fingerprint density at radius 3 is 2.67 bits per heavy atom. The average Bonchev–Trinajstić information content (AvgIpc) is 3.06. The Balaban J connectivity index is 1.98. The number of imidazole rings is 1. The van der Waals surface area contributed by atoms with E-state index in [-0.39, 0.29) is 11.4 Å². The Bertz CT molecular complexity index is 483. The molecule has 1 heterocycles. The minimum absolute atomic E-state index is 0.0729. The van der Waals surface area contributed by atoms with Crippen LogP contribution in [0.1, 0.15) is 64.8 Å². The van der Waals surface area contributed by atoms with Crippen molar-refractivity contribution in [2.45, 2.75) is 71.5 Å². The van der Waals surface area contributed by atoms with Crippen LogP contribution in [-0.2, 0) is 11.3 Å². The molecular formula is C16H28N4O. The van der Waals surface area contributed by atoms with Gasteiger partial charge < -0.3 is 10.3 Å². The SMILES string of the molecule is CC(C)N(CC(=O)NC(C)(C)C)Cc1[nH]cnc1C1CC1. The Morgan fingerprint density at radius 1 is 1.48 bits per heavy atom. The Labute approximate surface area is 127 Å². The molecule has 1 amide bonds. The molecule has 0 radical (unpaired) electrons. The summed E-state index contributed by atoms with van der Waals surface area (Å²) in [5.41, 5.74) is 2.17. The fourth-order valence-electron chi connectivity index (χ4n) is 2.43. The highest BCUT2D eigenvalue weighted by molar-refractivity contribution is 5.78. The van der Waals surface area contributed by atoms with Gasteiger partial charge in [-0.2, -0.15) is 0 Å². The van der Waals surface area contributed by atoms with E-state index >= 15 is 0 Å². The van der Waals surface area contributed by atoms with Crippen LogP contribution in [0.2, 0.25) is 0 Å². The first-order chi connectivity index (χ1) is 9.76. The van der Waals surface area contributed by atoms with E-state index < -0.39 is 0 Å². The molecule has 1 aromatic rings. The first kappa shape index (κ1) is 16.0. The molecule has 0 spiro atoms. The Hall–Kier alpha value is -1.36. The van der Waals surface area contributed by atoms with Crippen molar-refractivity contribution in [1.29, 1.82) is 0 Å². The molecule has 2 rings (SSSR count). The first-order valence-corrected chi connectivity index (χ1v) is 7.83. The van der Waals surface area contributed by atoms with Crippen LogP contribution in [0.3, 0.4) is 0 Å². The maximum atomic E-state index is 12.2. The van der Waals surface area contributed by atoms with E-state index in [1.54, 1.807) is 6.33 Å². The van der Waals surface area contributed by atoms with Gasteiger partial charge in [0.05, 0.1) is 24.3 Å². The molecule has 5 heteroatoms. The quantitative estimate of drug-likeness (QED) is 0.846. The molecule has 5 nitrogen and oxygen atoms in total. The molecule has 2 N–H and O–H groups in total. The summed E-state index contributed by atoms with van der Waals surface area (Å²) in [7, 11) is 0. The van der Waals surface area contributed by atoms with E-state index in [1.807, 2.05) is 20.8 Å². The summed E-state index contributed by atoms with van der Waals surface area (Å²) in [6.45, 7) is 11.4. The molecule has 0 saturated heterocycles. The van der Waals surface area contributed by atoms with Gasteiger partial charge in [0.15, 0.2) is 0 Å². The van der Waals surface area contributed by atoms with Crippen molar-refractivity contribution in [3.63, 3.8) is 0 Å². The van der Waals surface area contributed by atoms with Crippen LogP contribution >= 0.6 is 0 Å². The molecule has 0 bridgehead atoms. The number of amides is 1. The number of aromatic nitrogens is 2. The van der Waals surface area contributed by atoms with Gasteiger partial charge in [0.2, 0.25) is 5.91 Å². The summed E-state index contributed by atoms with van der Waals surface area (Å²) >= 11 is 0.